The van der Waals surface area contributed by atoms with Crippen LogP contribution in [0.2, 0.25) is 0 Å². The molecule has 0 fully saturated rings. The van der Waals surface area contributed by atoms with Crippen LogP contribution in [0.4, 0.5) is 0 Å². The van der Waals surface area contributed by atoms with E-state index in [0.717, 1.165) is 8.68 Å². The van der Waals surface area contributed by atoms with Crippen LogP contribution in [0.1, 0.15) is 5.56 Å². The summed E-state index contributed by atoms with van der Waals surface area (Å²) in [5.74, 6) is 0. The van der Waals surface area contributed by atoms with Crippen LogP contribution >= 0.6 is 34.9 Å². The second kappa shape index (κ2) is 5.58. The Kier molecular flexibility index (Phi) is 4.10. The van der Waals surface area contributed by atoms with Gasteiger partial charge in [-0.15, -0.1) is 10.2 Å². The first-order chi connectivity index (χ1) is 7.81. The molecule has 0 atom stereocenters. The van der Waals surface area contributed by atoms with E-state index < -0.39 is 0 Å². The topological polar surface area (TPSA) is 71.8 Å². The zero-order valence-corrected chi connectivity index (χ0v) is 10.8. The standard InChI is InChI=1S/C8H8N4OS3/c1-14-7-11-12-8(16-7)15-6-9-2-5(4-13)3-10-6/h2-3,13H,4H2,1H3. The van der Waals surface area contributed by atoms with E-state index in [0.29, 0.717) is 10.7 Å². The van der Waals surface area contributed by atoms with Crippen LogP contribution in [-0.4, -0.2) is 31.5 Å². The fourth-order valence-electron chi connectivity index (χ4n) is 0.876. The highest BCUT2D eigenvalue weighted by atomic mass is 32.2. The summed E-state index contributed by atoms with van der Waals surface area (Å²) >= 11 is 4.45. The smallest absolute Gasteiger partial charge is 0.194 e. The van der Waals surface area contributed by atoms with Crippen LogP contribution in [0.5, 0.6) is 0 Å². The van der Waals surface area contributed by atoms with Crippen molar-refractivity contribution in [2.45, 2.75) is 20.4 Å². The molecule has 8 heteroatoms. The minimum Gasteiger partial charge on any atom is -0.392 e. The maximum Gasteiger partial charge on any atom is 0.194 e. The Hall–Kier alpha value is -0.700. The Bertz CT molecular complexity index is 459. The van der Waals surface area contributed by atoms with Gasteiger partial charge in [0.1, 0.15) is 0 Å². The number of rotatable bonds is 4. The molecule has 84 valence electrons. The second-order valence-corrected chi connectivity index (χ2v) is 5.92. The van der Waals surface area contributed by atoms with Crippen LogP contribution in [-0.2, 0) is 6.61 Å². The number of thioether (sulfide) groups is 1. The molecule has 0 aliphatic heterocycles. The van der Waals surface area contributed by atoms with E-state index in [1.54, 1.807) is 24.2 Å². The van der Waals surface area contributed by atoms with Gasteiger partial charge in [-0.3, -0.25) is 0 Å². The van der Waals surface area contributed by atoms with E-state index in [9.17, 15) is 0 Å². The molecular formula is C8H8N4OS3. The van der Waals surface area contributed by atoms with Crippen molar-refractivity contribution in [1.29, 1.82) is 0 Å². The Labute approximate surface area is 105 Å². The molecule has 0 aromatic carbocycles. The normalized spacial score (nSPS) is 10.6. The number of hydrogen-bond donors (Lipinski definition) is 1. The third-order valence-corrected chi connectivity index (χ3v) is 4.45. The summed E-state index contributed by atoms with van der Waals surface area (Å²) in [6, 6.07) is 0. The Morgan fingerprint density at radius 2 is 1.94 bits per heavy atom. The van der Waals surface area contributed by atoms with Crippen LogP contribution in [0.15, 0.2) is 26.2 Å². The molecule has 0 saturated carbocycles. The lowest BCUT2D eigenvalue weighted by Gasteiger charge is -1.96. The van der Waals surface area contributed by atoms with E-state index in [-0.39, 0.29) is 6.61 Å². The molecule has 1 N–H and O–H groups in total. The second-order valence-electron chi connectivity index (χ2n) is 2.67. The quantitative estimate of drug-likeness (QED) is 0.670. The molecule has 2 heterocycles. The molecule has 2 rings (SSSR count). The lowest BCUT2D eigenvalue weighted by molar-refractivity contribution is 0.280. The number of hydrogen-bond acceptors (Lipinski definition) is 8. The molecule has 2 aromatic rings. The molecule has 16 heavy (non-hydrogen) atoms. The van der Waals surface area contributed by atoms with Crippen molar-refractivity contribution in [3.05, 3.63) is 18.0 Å². The molecule has 0 amide bonds. The molecule has 0 unspecified atom stereocenters. The average molecular weight is 272 g/mol. The first kappa shape index (κ1) is 11.8. The predicted molar refractivity (Wildman–Crippen MR) is 63.8 cm³/mol. The highest BCUT2D eigenvalue weighted by molar-refractivity contribution is 8.02. The van der Waals surface area contributed by atoms with Crippen LogP contribution in [0, 0.1) is 0 Å². The summed E-state index contributed by atoms with van der Waals surface area (Å²) in [6.07, 6.45) is 5.17. The number of aromatic nitrogens is 4. The highest BCUT2D eigenvalue weighted by Gasteiger charge is 2.07. The predicted octanol–water partition coefficient (Wildman–Crippen LogP) is 1.69. The van der Waals surface area contributed by atoms with Gasteiger partial charge in [0.05, 0.1) is 6.61 Å². The van der Waals surface area contributed by atoms with Crippen molar-refractivity contribution in [3.63, 3.8) is 0 Å². The van der Waals surface area contributed by atoms with E-state index in [1.807, 2.05) is 6.26 Å². The minimum absolute atomic E-state index is 0.0413. The van der Waals surface area contributed by atoms with Crippen molar-refractivity contribution in [1.82, 2.24) is 20.2 Å². The Morgan fingerprint density at radius 1 is 1.25 bits per heavy atom. The van der Waals surface area contributed by atoms with Crippen molar-refractivity contribution in [3.8, 4) is 0 Å². The van der Waals surface area contributed by atoms with Gasteiger partial charge in [-0.05, 0) is 18.0 Å². The van der Waals surface area contributed by atoms with Crippen molar-refractivity contribution >= 4 is 34.9 Å². The van der Waals surface area contributed by atoms with Gasteiger partial charge in [0.25, 0.3) is 0 Å². The van der Waals surface area contributed by atoms with Gasteiger partial charge in [0.2, 0.25) is 0 Å². The zero-order chi connectivity index (χ0) is 11.4. The third-order valence-electron chi connectivity index (χ3n) is 1.61. The van der Waals surface area contributed by atoms with Gasteiger partial charge in [0.15, 0.2) is 13.8 Å². The summed E-state index contributed by atoms with van der Waals surface area (Å²) in [6.45, 7) is -0.0413. The highest BCUT2D eigenvalue weighted by Crippen LogP contribution is 2.30. The minimum atomic E-state index is -0.0413. The summed E-state index contributed by atoms with van der Waals surface area (Å²) in [4.78, 5) is 8.21. The number of aliphatic hydroxyl groups is 1. The SMILES string of the molecule is CSc1nnc(Sc2ncc(CO)cn2)s1. The van der Waals surface area contributed by atoms with Gasteiger partial charge in [0, 0.05) is 18.0 Å². The van der Waals surface area contributed by atoms with Gasteiger partial charge in [-0.2, -0.15) is 0 Å². The molecular weight excluding hydrogens is 264 g/mol. The van der Waals surface area contributed by atoms with Crippen molar-refractivity contribution < 1.29 is 5.11 Å². The summed E-state index contributed by atoms with van der Waals surface area (Å²) in [5, 5.41) is 17.4. The molecule has 5 nitrogen and oxygen atoms in total. The molecule has 2 aromatic heterocycles. The molecule has 0 bridgehead atoms. The molecule has 0 spiro atoms. The van der Waals surface area contributed by atoms with Gasteiger partial charge in [-0.1, -0.05) is 23.1 Å². The molecule has 0 saturated heterocycles. The first-order valence-corrected chi connectivity index (χ1v) is 7.14. The molecule has 0 radical (unpaired) electrons. The fraction of sp³-hybridized carbons (Fsp3) is 0.250. The molecule has 0 aliphatic rings. The monoisotopic (exact) mass is 272 g/mol. The Morgan fingerprint density at radius 3 is 2.50 bits per heavy atom. The van der Waals surface area contributed by atoms with E-state index >= 15 is 0 Å². The summed E-state index contributed by atoms with van der Waals surface area (Å²) in [5.41, 5.74) is 0.700. The van der Waals surface area contributed by atoms with Gasteiger partial charge in [-0.25, -0.2) is 9.97 Å². The van der Waals surface area contributed by atoms with E-state index in [1.165, 1.54) is 23.1 Å². The van der Waals surface area contributed by atoms with E-state index in [2.05, 4.69) is 20.2 Å². The van der Waals surface area contributed by atoms with Crippen LogP contribution < -0.4 is 0 Å². The van der Waals surface area contributed by atoms with Crippen LogP contribution in [0.25, 0.3) is 0 Å². The Balaban J connectivity index is 2.08. The maximum absolute atomic E-state index is 8.84. The lowest BCUT2D eigenvalue weighted by Crippen LogP contribution is -1.90. The zero-order valence-electron chi connectivity index (χ0n) is 8.32. The van der Waals surface area contributed by atoms with Crippen LogP contribution in [0.3, 0.4) is 0 Å². The number of aliphatic hydroxyl groups excluding tert-OH is 1. The lowest BCUT2D eigenvalue weighted by atomic mass is 10.4. The summed E-state index contributed by atoms with van der Waals surface area (Å²) in [7, 11) is 0. The summed E-state index contributed by atoms with van der Waals surface area (Å²) < 4.78 is 1.75. The molecule has 0 aliphatic carbocycles. The fourth-order valence-corrected chi connectivity index (χ4v) is 3.12. The van der Waals surface area contributed by atoms with Crippen molar-refractivity contribution in [2.24, 2.45) is 0 Å². The third kappa shape index (κ3) is 2.91. The average Bonchev–Trinajstić information content (AvgIpc) is 2.78. The van der Waals surface area contributed by atoms with Gasteiger partial charge >= 0.3 is 0 Å². The van der Waals surface area contributed by atoms with E-state index in [4.69, 9.17) is 5.11 Å². The maximum atomic E-state index is 8.84. The first-order valence-electron chi connectivity index (χ1n) is 4.29. The van der Waals surface area contributed by atoms with Crippen molar-refractivity contribution in [2.75, 3.05) is 6.26 Å². The van der Waals surface area contributed by atoms with Gasteiger partial charge < -0.3 is 5.11 Å². The number of nitrogens with zero attached hydrogens (tertiary/aromatic N) is 4. The largest absolute Gasteiger partial charge is 0.392 e.